The lowest BCUT2D eigenvalue weighted by molar-refractivity contribution is 0.796. The molecule has 4 heterocycles. The largest absolute Gasteiger partial charge is 0.329 e. The second-order valence-corrected chi connectivity index (χ2v) is 6.71. The Morgan fingerprint density at radius 3 is 2.21 bits per heavy atom. The summed E-state index contributed by atoms with van der Waals surface area (Å²) in [5.41, 5.74) is -0.352. The van der Waals surface area contributed by atoms with Crippen molar-refractivity contribution < 1.29 is 0 Å². The lowest BCUT2D eigenvalue weighted by Crippen LogP contribution is -2.29. The van der Waals surface area contributed by atoms with E-state index in [4.69, 9.17) is 0 Å². The maximum absolute atomic E-state index is 11.6. The number of aromatic amines is 2. The van der Waals surface area contributed by atoms with Crippen molar-refractivity contribution in [3.63, 3.8) is 0 Å². The molecule has 0 amide bonds. The van der Waals surface area contributed by atoms with Crippen molar-refractivity contribution >= 4 is 23.2 Å². The Labute approximate surface area is 188 Å². The molecule has 0 bridgehead atoms. The molecule has 1 aliphatic rings. The summed E-state index contributed by atoms with van der Waals surface area (Å²) >= 11 is 0. The normalized spacial score (nSPS) is 10.6. The molecule has 4 rings (SSSR count). The molecule has 0 saturated heterocycles. The van der Waals surface area contributed by atoms with Gasteiger partial charge in [0.1, 0.15) is 5.82 Å². The van der Waals surface area contributed by atoms with E-state index in [-0.39, 0.29) is 5.56 Å². The maximum Gasteiger partial charge on any atom is 0.329 e. The molecule has 11 nitrogen and oxygen atoms in total. The summed E-state index contributed by atoms with van der Waals surface area (Å²) in [4.78, 5) is 57.5. The molecule has 1 aliphatic heterocycles. The van der Waals surface area contributed by atoms with E-state index in [2.05, 4.69) is 43.6 Å². The van der Waals surface area contributed by atoms with Crippen LogP contribution in [0, 0.1) is 23.7 Å². The fourth-order valence-corrected chi connectivity index (χ4v) is 2.87. The monoisotopic (exact) mass is 451 g/mol. The van der Waals surface area contributed by atoms with Crippen molar-refractivity contribution in [2.24, 2.45) is 19.1 Å². The Balaban J connectivity index is 0.000000200. The molecule has 0 fully saturated rings. The Morgan fingerprint density at radius 1 is 0.970 bits per heavy atom. The summed E-state index contributed by atoms with van der Waals surface area (Å²) in [5.74, 6) is 11.7. The number of rotatable bonds is 1. The highest BCUT2D eigenvalue weighted by Crippen LogP contribution is 2.16. The summed E-state index contributed by atoms with van der Waals surface area (Å²) in [5, 5.41) is 0. The maximum atomic E-state index is 11.6. The van der Waals surface area contributed by atoms with Gasteiger partial charge in [-0.2, -0.15) is 0 Å². The van der Waals surface area contributed by atoms with E-state index >= 15 is 0 Å². The van der Waals surface area contributed by atoms with Gasteiger partial charge in [0, 0.05) is 33.2 Å². The van der Waals surface area contributed by atoms with E-state index in [0.717, 1.165) is 6.42 Å². The molecule has 3 aromatic rings. The van der Waals surface area contributed by atoms with E-state index in [1.54, 1.807) is 31.8 Å². The second-order valence-electron chi connectivity index (χ2n) is 6.71. The zero-order valence-electron chi connectivity index (χ0n) is 19.1. The first kappa shape index (κ1) is 24.9. The molecule has 0 atom stereocenters. The fourth-order valence-electron chi connectivity index (χ4n) is 2.87. The van der Waals surface area contributed by atoms with E-state index < -0.39 is 16.9 Å². The van der Waals surface area contributed by atoms with Crippen LogP contribution >= 0.6 is 0 Å². The molecule has 3 aromatic heterocycles. The first-order valence-electron chi connectivity index (χ1n) is 10.0. The molecule has 0 aromatic carbocycles. The third-order valence-electron chi connectivity index (χ3n) is 4.55. The summed E-state index contributed by atoms with van der Waals surface area (Å²) in [7, 11) is 3.14. The molecule has 0 unspecified atom stereocenters. The van der Waals surface area contributed by atoms with E-state index in [1.807, 2.05) is 13.8 Å². The third kappa shape index (κ3) is 5.66. The minimum Gasteiger partial charge on any atom is -0.313 e. The van der Waals surface area contributed by atoms with Gasteiger partial charge in [-0.3, -0.25) is 28.7 Å². The average molecular weight is 451 g/mol. The Bertz CT molecular complexity index is 1540. The number of nitrogens with zero attached hydrogens (tertiary/aromatic N) is 5. The van der Waals surface area contributed by atoms with Crippen molar-refractivity contribution in [1.29, 1.82) is 0 Å². The number of aliphatic imine (C=N–C) groups is 1. The number of hydrogen-bond donors (Lipinski definition) is 2. The molecule has 0 aliphatic carbocycles. The van der Waals surface area contributed by atoms with Gasteiger partial charge < -0.3 is 4.57 Å². The SMILES string of the molecule is CC#CCC.CC#CCn1cnc2c1c(=O)[nH]c(=O)n2C.Cn1c2c(c(=O)[nH]c1=O)CC=N2. The van der Waals surface area contributed by atoms with Gasteiger partial charge in [-0.05, 0) is 13.8 Å². The minimum atomic E-state index is -0.468. The molecule has 2 N–H and O–H groups in total. The lowest BCUT2D eigenvalue weighted by atomic mass is 10.2. The number of aromatic nitrogens is 6. The lowest BCUT2D eigenvalue weighted by Gasteiger charge is -2.00. The summed E-state index contributed by atoms with van der Waals surface area (Å²) in [6.45, 7) is 5.99. The van der Waals surface area contributed by atoms with E-state index in [9.17, 15) is 19.2 Å². The minimum absolute atomic E-state index is 0.328. The summed E-state index contributed by atoms with van der Waals surface area (Å²) in [6, 6.07) is 0. The fraction of sp³-hybridized carbons (Fsp3) is 0.364. The molecular formula is C22H25N7O4. The highest BCUT2D eigenvalue weighted by molar-refractivity contribution is 5.73. The van der Waals surface area contributed by atoms with Crippen LogP contribution in [0.25, 0.3) is 11.2 Å². The van der Waals surface area contributed by atoms with Gasteiger partial charge in [-0.25, -0.2) is 19.6 Å². The third-order valence-corrected chi connectivity index (χ3v) is 4.55. The Hall–Kier alpha value is -4.38. The Kier molecular flexibility index (Phi) is 8.52. The molecule has 11 heteroatoms. The van der Waals surface area contributed by atoms with Crippen LogP contribution in [0.1, 0.15) is 32.8 Å². The number of fused-ring (bicyclic) bond motifs is 2. The van der Waals surface area contributed by atoms with Gasteiger partial charge in [0.2, 0.25) is 0 Å². The summed E-state index contributed by atoms with van der Waals surface area (Å²) < 4.78 is 4.25. The molecule has 33 heavy (non-hydrogen) atoms. The van der Waals surface area contributed by atoms with E-state index in [0.29, 0.717) is 35.5 Å². The predicted octanol–water partition coefficient (Wildman–Crippen LogP) is 0.198. The smallest absolute Gasteiger partial charge is 0.313 e. The first-order chi connectivity index (χ1) is 15.8. The van der Waals surface area contributed by atoms with Gasteiger partial charge in [0.05, 0.1) is 18.4 Å². The van der Waals surface area contributed by atoms with Crippen LogP contribution in [0.2, 0.25) is 0 Å². The van der Waals surface area contributed by atoms with Gasteiger partial charge >= 0.3 is 11.4 Å². The topological polar surface area (TPSA) is 140 Å². The second kappa shape index (κ2) is 11.3. The van der Waals surface area contributed by atoms with Crippen LogP contribution in [0.15, 0.2) is 30.5 Å². The highest BCUT2D eigenvalue weighted by atomic mass is 16.2. The number of imidazole rings is 1. The molecule has 172 valence electrons. The zero-order chi connectivity index (χ0) is 24.5. The first-order valence-corrected chi connectivity index (χ1v) is 10.0. The van der Waals surface area contributed by atoms with Gasteiger partial charge in [0.25, 0.3) is 11.1 Å². The van der Waals surface area contributed by atoms with Gasteiger partial charge in [-0.1, -0.05) is 12.8 Å². The van der Waals surface area contributed by atoms with Gasteiger partial charge in [0.15, 0.2) is 11.2 Å². The zero-order valence-corrected chi connectivity index (χ0v) is 19.1. The van der Waals surface area contributed by atoms with Gasteiger partial charge in [-0.15, -0.1) is 17.8 Å². The molecule has 0 spiro atoms. The van der Waals surface area contributed by atoms with Crippen LogP contribution in [0.5, 0.6) is 0 Å². The van der Waals surface area contributed by atoms with Crippen LogP contribution in [0.3, 0.4) is 0 Å². The number of hydrogen-bond acceptors (Lipinski definition) is 6. The van der Waals surface area contributed by atoms with Crippen LogP contribution in [-0.2, 0) is 27.1 Å². The van der Waals surface area contributed by atoms with Crippen molar-refractivity contribution in [3.8, 4) is 23.7 Å². The van der Waals surface area contributed by atoms with Crippen LogP contribution < -0.4 is 22.5 Å². The quantitative estimate of drug-likeness (QED) is 0.509. The van der Waals surface area contributed by atoms with Crippen molar-refractivity contribution in [2.45, 2.75) is 40.2 Å². The van der Waals surface area contributed by atoms with Crippen LogP contribution in [0.4, 0.5) is 5.82 Å². The van der Waals surface area contributed by atoms with Crippen molar-refractivity contribution in [2.75, 3.05) is 0 Å². The molecule has 0 saturated carbocycles. The number of aryl methyl sites for hydroxylation is 1. The van der Waals surface area contributed by atoms with Crippen molar-refractivity contribution in [1.82, 2.24) is 28.7 Å². The number of H-pyrrole nitrogens is 2. The highest BCUT2D eigenvalue weighted by Gasteiger charge is 2.14. The Morgan fingerprint density at radius 2 is 1.61 bits per heavy atom. The van der Waals surface area contributed by atoms with E-state index in [1.165, 1.54) is 15.5 Å². The molecule has 0 radical (unpaired) electrons. The molecular weight excluding hydrogens is 426 g/mol. The van der Waals surface area contributed by atoms with Crippen molar-refractivity contribution in [3.05, 3.63) is 53.6 Å². The predicted molar refractivity (Wildman–Crippen MR) is 127 cm³/mol. The average Bonchev–Trinajstić information content (AvgIpc) is 3.44. The van der Waals surface area contributed by atoms with Crippen LogP contribution in [-0.4, -0.2) is 34.9 Å². The standard InChI is InChI=1S/C10H10N4O2.C7H7N3O2.C5H8/c1-3-4-5-14-6-11-8-7(14)9(15)12-10(16)13(8)2;1-10-5-4(2-3-8-5)6(11)9-7(10)12;1-3-5-4-2/h6H,5H2,1-2H3,(H,12,15,16);3H,2H2,1H3,(H,9,11,12);3H2,1-2H3. The summed E-state index contributed by atoms with van der Waals surface area (Å²) in [6.07, 6.45) is 4.62. The number of nitrogens with one attached hydrogen (secondary N) is 2.